The molecule has 0 radical (unpaired) electrons. The minimum atomic E-state index is -0.434. The van der Waals surface area contributed by atoms with Gasteiger partial charge >= 0.3 is 5.97 Å². The number of amides is 1. The predicted molar refractivity (Wildman–Crippen MR) is 94.9 cm³/mol. The van der Waals surface area contributed by atoms with Gasteiger partial charge in [0, 0.05) is 5.69 Å². The van der Waals surface area contributed by atoms with Gasteiger partial charge in [-0.05, 0) is 43.5 Å². The van der Waals surface area contributed by atoms with Crippen LogP contribution >= 0.6 is 11.3 Å². The lowest BCUT2D eigenvalue weighted by Gasteiger charge is -2.06. The van der Waals surface area contributed by atoms with Gasteiger partial charge in [-0.25, -0.2) is 9.78 Å². The Labute approximate surface area is 148 Å². The lowest BCUT2D eigenvalue weighted by Crippen LogP contribution is -2.14. The van der Waals surface area contributed by atoms with Crippen LogP contribution in [0.2, 0.25) is 0 Å². The monoisotopic (exact) mass is 356 g/mol. The van der Waals surface area contributed by atoms with Crippen LogP contribution in [0.15, 0.2) is 46.2 Å². The Hall–Kier alpha value is -2.93. The number of oxazole rings is 1. The smallest absolute Gasteiger partial charge is 0.338 e. The first-order valence-corrected chi connectivity index (χ1v) is 8.56. The molecule has 0 fully saturated rings. The fourth-order valence-electron chi connectivity index (χ4n) is 2.24. The van der Waals surface area contributed by atoms with E-state index < -0.39 is 11.9 Å². The fraction of sp³-hybridized carbons (Fsp3) is 0.167. The molecule has 7 heteroatoms. The van der Waals surface area contributed by atoms with E-state index in [1.165, 1.54) is 11.3 Å². The Kier molecular flexibility index (Phi) is 4.95. The van der Waals surface area contributed by atoms with Crippen molar-refractivity contribution in [1.29, 1.82) is 0 Å². The van der Waals surface area contributed by atoms with Crippen molar-refractivity contribution in [2.75, 3.05) is 11.9 Å². The van der Waals surface area contributed by atoms with E-state index in [1.807, 2.05) is 17.5 Å². The summed E-state index contributed by atoms with van der Waals surface area (Å²) in [6, 6.07) is 10.3. The Morgan fingerprint density at radius 3 is 2.84 bits per heavy atom. The predicted octanol–water partition coefficient (Wildman–Crippen LogP) is 4.14. The van der Waals surface area contributed by atoms with Crippen LogP contribution in [0.5, 0.6) is 0 Å². The van der Waals surface area contributed by atoms with E-state index in [9.17, 15) is 9.59 Å². The maximum atomic E-state index is 12.5. The quantitative estimate of drug-likeness (QED) is 0.695. The van der Waals surface area contributed by atoms with Crippen LogP contribution < -0.4 is 5.32 Å². The SMILES string of the molecule is CCOC(=O)c1cccc(NC(=O)c2nc(-c3cccs3)oc2C)c1. The van der Waals surface area contributed by atoms with Gasteiger partial charge in [0.25, 0.3) is 5.91 Å². The van der Waals surface area contributed by atoms with Crippen molar-refractivity contribution >= 4 is 28.9 Å². The second kappa shape index (κ2) is 7.31. The van der Waals surface area contributed by atoms with E-state index >= 15 is 0 Å². The van der Waals surface area contributed by atoms with Crippen molar-refractivity contribution in [1.82, 2.24) is 4.98 Å². The average Bonchev–Trinajstić information content (AvgIpc) is 3.24. The van der Waals surface area contributed by atoms with Crippen LogP contribution in [0.4, 0.5) is 5.69 Å². The number of carbonyl (C=O) groups excluding carboxylic acids is 2. The van der Waals surface area contributed by atoms with Crippen LogP contribution in [0.25, 0.3) is 10.8 Å². The second-order valence-corrected chi connectivity index (χ2v) is 6.10. The molecule has 3 rings (SSSR count). The molecular formula is C18H16N2O4S. The lowest BCUT2D eigenvalue weighted by molar-refractivity contribution is 0.0526. The van der Waals surface area contributed by atoms with Gasteiger partial charge in [0.1, 0.15) is 5.76 Å². The van der Waals surface area contributed by atoms with E-state index in [1.54, 1.807) is 38.1 Å². The summed E-state index contributed by atoms with van der Waals surface area (Å²) < 4.78 is 10.5. The average molecular weight is 356 g/mol. The van der Waals surface area contributed by atoms with Gasteiger partial charge in [0.15, 0.2) is 5.69 Å². The highest BCUT2D eigenvalue weighted by Crippen LogP contribution is 2.26. The third-order valence-corrected chi connectivity index (χ3v) is 4.23. The van der Waals surface area contributed by atoms with Crippen LogP contribution in [0.1, 0.15) is 33.5 Å². The lowest BCUT2D eigenvalue weighted by atomic mass is 10.2. The van der Waals surface area contributed by atoms with E-state index in [0.717, 1.165) is 4.88 Å². The summed E-state index contributed by atoms with van der Waals surface area (Å²) in [5.41, 5.74) is 1.07. The molecule has 1 aromatic carbocycles. The highest BCUT2D eigenvalue weighted by molar-refractivity contribution is 7.13. The summed E-state index contributed by atoms with van der Waals surface area (Å²) in [4.78, 5) is 29.4. The molecule has 1 amide bonds. The number of nitrogens with one attached hydrogen (secondary N) is 1. The number of anilines is 1. The Balaban J connectivity index is 1.79. The summed E-state index contributed by atoms with van der Waals surface area (Å²) in [7, 11) is 0. The molecule has 0 atom stereocenters. The van der Waals surface area contributed by atoms with Gasteiger partial charge in [-0.15, -0.1) is 11.3 Å². The second-order valence-electron chi connectivity index (χ2n) is 5.16. The molecule has 0 saturated heterocycles. The number of hydrogen-bond donors (Lipinski definition) is 1. The summed E-state index contributed by atoms with van der Waals surface area (Å²) in [6.45, 7) is 3.72. The van der Waals surface area contributed by atoms with Crippen molar-refractivity contribution in [2.24, 2.45) is 0 Å². The van der Waals surface area contributed by atoms with Crippen LogP contribution in [0.3, 0.4) is 0 Å². The number of esters is 1. The van der Waals surface area contributed by atoms with Gasteiger partial charge in [-0.2, -0.15) is 0 Å². The number of hydrogen-bond acceptors (Lipinski definition) is 6. The molecule has 25 heavy (non-hydrogen) atoms. The molecule has 0 saturated carbocycles. The van der Waals surface area contributed by atoms with Gasteiger partial charge in [0.05, 0.1) is 17.0 Å². The normalized spacial score (nSPS) is 10.5. The number of ether oxygens (including phenoxy) is 1. The topological polar surface area (TPSA) is 81.4 Å². The fourth-order valence-corrected chi connectivity index (χ4v) is 2.89. The maximum absolute atomic E-state index is 12.5. The maximum Gasteiger partial charge on any atom is 0.338 e. The standard InChI is InChI=1S/C18H16N2O4S/c1-3-23-18(22)12-6-4-7-13(10-12)19-16(21)15-11(2)24-17(20-15)14-8-5-9-25-14/h4-10H,3H2,1-2H3,(H,19,21). The summed E-state index contributed by atoms with van der Waals surface area (Å²) in [5, 5.41) is 4.64. The summed E-state index contributed by atoms with van der Waals surface area (Å²) in [6.07, 6.45) is 0. The third-order valence-electron chi connectivity index (χ3n) is 3.38. The zero-order chi connectivity index (χ0) is 17.8. The molecule has 2 aromatic heterocycles. The van der Waals surface area contributed by atoms with Crippen LogP contribution in [-0.2, 0) is 4.74 Å². The van der Waals surface area contributed by atoms with Crippen molar-refractivity contribution in [3.63, 3.8) is 0 Å². The minimum absolute atomic E-state index is 0.213. The molecule has 2 heterocycles. The number of rotatable bonds is 5. The molecule has 3 aromatic rings. The van der Waals surface area contributed by atoms with E-state index in [2.05, 4.69) is 10.3 Å². The van der Waals surface area contributed by atoms with E-state index in [4.69, 9.17) is 9.15 Å². The number of benzene rings is 1. The van der Waals surface area contributed by atoms with Crippen molar-refractivity contribution in [2.45, 2.75) is 13.8 Å². The number of carbonyl (C=O) groups is 2. The number of nitrogens with zero attached hydrogens (tertiary/aromatic N) is 1. The molecule has 0 aliphatic carbocycles. The van der Waals surface area contributed by atoms with Crippen LogP contribution in [0, 0.1) is 6.92 Å². The Morgan fingerprint density at radius 2 is 2.12 bits per heavy atom. The largest absolute Gasteiger partial charge is 0.462 e. The van der Waals surface area contributed by atoms with Gasteiger partial charge in [0.2, 0.25) is 5.89 Å². The Bertz CT molecular complexity index is 900. The molecule has 0 aliphatic rings. The molecule has 0 bridgehead atoms. The molecule has 6 nitrogen and oxygen atoms in total. The minimum Gasteiger partial charge on any atom is -0.462 e. The zero-order valence-corrected chi connectivity index (χ0v) is 14.6. The first kappa shape index (κ1) is 16.9. The first-order valence-electron chi connectivity index (χ1n) is 7.68. The molecule has 0 unspecified atom stereocenters. The zero-order valence-electron chi connectivity index (χ0n) is 13.7. The molecule has 128 valence electrons. The summed E-state index contributed by atoms with van der Waals surface area (Å²) in [5.74, 6) is 0.0154. The van der Waals surface area contributed by atoms with Crippen molar-refractivity contribution in [3.05, 3.63) is 58.8 Å². The van der Waals surface area contributed by atoms with Gasteiger partial charge in [-0.3, -0.25) is 4.79 Å². The van der Waals surface area contributed by atoms with Gasteiger partial charge in [-0.1, -0.05) is 12.1 Å². The molecular weight excluding hydrogens is 340 g/mol. The number of aromatic nitrogens is 1. The van der Waals surface area contributed by atoms with E-state index in [-0.39, 0.29) is 5.69 Å². The number of thiophene rings is 1. The molecule has 0 spiro atoms. The third kappa shape index (κ3) is 3.77. The highest BCUT2D eigenvalue weighted by Gasteiger charge is 2.19. The van der Waals surface area contributed by atoms with Crippen molar-refractivity contribution in [3.8, 4) is 10.8 Å². The molecule has 0 aliphatic heterocycles. The van der Waals surface area contributed by atoms with E-state index in [0.29, 0.717) is 29.5 Å². The van der Waals surface area contributed by atoms with Crippen LogP contribution in [-0.4, -0.2) is 23.5 Å². The first-order chi connectivity index (χ1) is 12.1. The van der Waals surface area contributed by atoms with Crippen molar-refractivity contribution < 1.29 is 18.7 Å². The summed E-state index contributed by atoms with van der Waals surface area (Å²) >= 11 is 1.48. The van der Waals surface area contributed by atoms with Gasteiger partial charge < -0.3 is 14.5 Å². The highest BCUT2D eigenvalue weighted by atomic mass is 32.1. The Morgan fingerprint density at radius 1 is 1.28 bits per heavy atom. The molecule has 1 N–H and O–H groups in total. The number of aryl methyl sites for hydroxylation is 1.